The number of fused-ring (bicyclic) bond motifs is 2. The second-order valence-electron chi connectivity index (χ2n) is 8.89. The lowest BCUT2D eigenvalue weighted by Gasteiger charge is -2.34. The molecule has 1 saturated heterocycles. The molecule has 3 aliphatic rings. The monoisotopic (exact) mass is 473 g/mol. The van der Waals surface area contributed by atoms with E-state index < -0.39 is 11.9 Å². The van der Waals surface area contributed by atoms with Crippen molar-refractivity contribution in [3.63, 3.8) is 0 Å². The second-order valence-corrected chi connectivity index (χ2v) is 8.89. The van der Waals surface area contributed by atoms with Gasteiger partial charge in [0.05, 0.1) is 0 Å². The molecular weight excluding hydrogens is 451 g/mol. The standard InChI is InChI=1S/C23H22F3N5O3/c24-23(25,26)20-10-16(15-2-3-15)27-21-11-17(28-31(20)21)22(32)30-7-5-29(6-8-30)12-14-1-4-18-19(9-14)34-13-33-18/h1,4,9-11,15H,2-3,5-8,12-13H2. The maximum Gasteiger partial charge on any atom is 0.433 e. The van der Waals surface area contributed by atoms with Gasteiger partial charge in [0.1, 0.15) is 5.69 Å². The number of carbonyl (C=O) groups is 1. The van der Waals surface area contributed by atoms with Crippen molar-refractivity contribution in [1.82, 2.24) is 24.4 Å². The zero-order chi connectivity index (χ0) is 23.4. The molecule has 2 aromatic heterocycles. The summed E-state index contributed by atoms with van der Waals surface area (Å²) in [5.41, 5.74) is 0.640. The average Bonchev–Trinajstić information content (AvgIpc) is 3.41. The van der Waals surface area contributed by atoms with Gasteiger partial charge in [-0.1, -0.05) is 6.07 Å². The molecule has 0 N–H and O–H groups in total. The van der Waals surface area contributed by atoms with Gasteiger partial charge in [0, 0.05) is 50.4 Å². The SMILES string of the molecule is O=C(c1cc2nc(C3CC3)cc(C(F)(F)F)n2n1)N1CCN(Cc2ccc3c(c2)OCO3)CC1. The van der Waals surface area contributed by atoms with Crippen LogP contribution < -0.4 is 9.47 Å². The highest BCUT2D eigenvalue weighted by Crippen LogP contribution is 2.41. The van der Waals surface area contributed by atoms with Crippen molar-refractivity contribution in [2.45, 2.75) is 31.5 Å². The Balaban J connectivity index is 1.16. The Morgan fingerprint density at radius 2 is 1.79 bits per heavy atom. The minimum absolute atomic E-state index is 0.0184. The highest BCUT2D eigenvalue weighted by Gasteiger charge is 2.38. The molecule has 4 heterocycles. The summed E-state index contributed by atoms with van der Waals surface area (Å²) < 4.78 is 52.4. The molecule has 34 heavy (non-hydrogen) atoms. The van der Waals surface area contributed by atoms with E-state index in [0.717, 1.165) is 40.5 Å². The maximum absolute atomic E-state index is 13.6. The van der Waals surface area contributed by atoms with E-state index in [4.69, 9.17) is 9.47 Å². The van der Waals surface area contributed by atoms with Crippen molar-refractivity contribution in [2.75, 3.05) is 33.0 Å². The molecule has 0 spiro atoms. The summed E-state index contributed by atoms with van der Waals surface area (Å²) in [6.45, 7) is 3.14. The first kappa shape index (κ1) is 21.2. The number of hydrogen-bond donors (Lipinski definition) is 0. The molecule has 1 aromatic carbocycles. The number of alkyl halides is 3. The third kappa shape index (κ3) is 3.93. The van der Waals surface area contributed by atoms with Crippen LogP contribution >= 0.6 is 0 Å². The van der Waals surface area contributed by atoms with Gasteiger partial charge in [-0.15, -0.1) is 0 Å². The van der Waals surface area contributed by atoms with Crippen LogP contribution in [0.4, 0.5) is 13.2 Å². The van der Waals surface area contributed by atoms with Gasteiger partial charge in [0.2, 0.25) is 6.79 Å². The van der Waals surface area contributed by atoms with E-state index in [-0.39, 0.29) is 30.0 Å². The summed E-state index contributed by atoms with van der Waals surface area (Å²) in [5, 5.41) is 4.00. The number of ether oxygens (including phenoxy) is 2. The fourth-order valence-electron chi connectivity index (χ4n) is 4.46. The topological polar surface area (TPSA) is 72.2 Å². The molecule has 2 fully saturated rings. The molecule has 8 nitrogen and oxygen atoms in total. The van der Waals surface area contributed by atoms with E-state index in [1.54, 1.807) is 4.90 Å². The summed E-state index contributed by atoms with van der Waals surface area (Å²) in [7, 11) is 0. The maximum atomic E-state index is 13.6. The van der Waals surface area contributed by atoms with Crippen LogP contribution in [0.15, 0.2) is 30.3 Å². The molecule has 0 atom stereocenters. The summed E-state index contributed by atoms with van der Waals surface area (Å²) in [6, 6.07) is 8.25. The molecule has 11 heteroatoms. The lowest BCUT2D eigenvalue weighted by atomic mass is 10.1. The molecular formula is C23H22F3N5O3. The van der Waals surface area contributed by atoms with Crippen LogP contribution in [0.5, 0.6) is 11.5 Å². The van der Waals surface area contributed by atoms with Crippen molar-refractivity contribution in [3.05, 3.63) is 53.0 Å². The van der Waals surface area contributed by atoms with E-state index in [1.807, 2.05) is 18.2 Å². The number of piperazine rings is 1. The molecule has 6 rings (SSSR count). The van der Waals surface area contributed by atoms with E-state index in [9.17, 15) is 18.0 Å². The lowest BCUT2D eigenvalue weighted by Crippen LogP contribution is -2.48. The van der Waals surface area contributed by atoms with Gasteiger partial charge in [0.15, 0.2) is 22.8 Å². The predicted octanol–water partition coefficient (Wildman–Crippen LogP) is 3.31. The predicted molar refractivity (Wildman–Crippen MR) is 114 cm³/mol. The number of rotatable bonds is 4. The summed E-state index contributed by atoms with van der Waals surface area (Å²) in [5.74, 6) is 1.14. The number of nitrogens with zero attached hydrogens (tertiary/aromatic N) is 5. The van der Waals surface area contributed by atoms with E-state index >= 15 is 0 Å². The summed E-state index contributed by atoms with van der Waals surface area (Å²) in [6.07, 6.45) is -2.93. The lowest BCUT2D eigenvalue weighted by molar-refractivity contribution is -0.142. The highest BCUT2D eigenvalue weighted by atomic mass is 19.4. The molecule has 0 radical (unpaired) electrons. The largest absolute Gasteiger partial charge is 0.454 e. The minimum Gasteiger partial charge on any atom is -0.454 e. The molecule has 1 amide bonds. The number of aromatic nitrogens is 3. The molecule has 1 saturated carbocycles. The van der Waals surface area contributed by atoms with Gasteiger partial charge in [-0.05, 0) is 36.6 Å². The minimum atomic E-state index is -4.59. The first-order valence-corrected chi connectivity index (χ1v) is 11.2. The molecule has 2 aliphatic heterocycles. The highest BCUT2D eigenvalue weighted by molar-refractivity contribution is 5.93. The van der Waals surface area contributed by atoms with Gasteiger partial charge in [-0.25, -0.2) is 9.50 Å². The van der Waals surface area contributed by atoms with Crippen molar-refractivity contribution in [3.8, 4) is 11.5 Å². The van der Waals surface area contributed by atoms with Crippen LogP contribution in [-0.2, 0) is 12.7 Å². The number of hydrogen-bond acceptors (Lipinski definition) is 6. The zero-order valence-corrected chi connectivity index (χ0v) is 18.2. The van der Waals surface area contributed by atoms with Crippen LogP contribution in [-0.4, -0.2) is 63.3 Å². The van der Waals surface area contributed by atoms with Gasteiger partial charge in [-0.2, -0.15) is 18.3 Å². The molecule has 0 unspecified atom stereocenters. The number of carbonyl (C=O) groups excluding carboxylic acids is 1. The Labute approximate surface area is 192 Å². The van der Waals surface area contributed by atoms with Crippen LogP contribution in [0.3, 0.4) is 0 Å². The molecule has 0 bridgehead atoms. The third-order valence-corrected chi connectivity index (χ3v) is 6.45. The Hall–Kier alpha value is -3.34. The Bertz CT molecular complexity index is 1260. The Morgan fingerprint density at radius 3 is 2.53 bits per heavy atom. The summed E-state index contributed by atoms with van der Waals surface area (Å²) in [4.78, 5) is 21.2. The quantitative estimate of drug-likeness (QED) is 0.579. The van der Waals surface area contributed by atoms with E-state index in [0.29, 0.717) is 38.4 Å². The van der Waals surface area contributed by atoms with Gasteiger partial charge < -0.3 is 14.4 Å². The smallest absolute Gasteiger partial charge is 0.433 e. The van der Waals surface area contributed by atoms with Crippen LogP contribution in [0.1, 0.15) is 46.2 Å². The normalized spacial score (nSPS) is 18.6. The molecule has 1 aliphatic carbocycles. The number of benzene rings is 1. The molecule has 3 aromatic rings. The fraction of sp³-hybridized carbons (Fsp3) is 0.435. The number of amides is 1. The van der Waals surface area contributed by atoms with Gasteiger partial charge in [-0.3, -0.25) is 9.69 Å². The van der Waals surface area contributed by atoms with E-state index in [2.05, 4.69) is 15.0 Å². The Kier molecular flexibility index (Phi) is 4.91. The zero-order valence-electron chi connectivity index (χ0n) is 18.2. The van der Waals surface area contributed by atoms with Gasteiger partial charge in [0.25, 0.3) is 5.91 Å². The van der Waals surface area contributed by atoms with Crippen LogP contribution in [0.2, 0.25) is 0 Å². The Morgan fingerprint density at radius 1 is 1.03 bits per heavy atom. The number of halogens is 3. The van der Waals surface area contributed by atoms with Crippen molar-refractivity contribution in [1.29, 1.82) is 0 Å². The van der Waals surface area contributed by atoms with Crippen LogP contribution in [0.25, 0.3) is 5.65 Å². The first-order chi connectivity index (χ1) is 16.3. The average molecular weight is 473 g/mol. The fourth-order valence-corrected chi connectivity index (χ4v) is 4.46. The van der Waals surface area contributed by atoms with Crippen molar-refractivity contribution in [2.24, 2.45) is 0 Å². The van der Waals surface area contributed by atoms with Crippen molar-refractivity contribution >= 4 is 11.6 Å². The second kappa shape index (κ2) is 7.86. The first-order valence-electron chi connectivity index (χ1n) is 11.2. The van der Waals surface area contributed by atoms with Crippen LogP contribution in [0, 0.1) is 0 Å². The van der Waals surface area contributed by atoms with Gasteiger partial charge >= 0.3 is 6.18 Å². The van der Waals surface area contributed by atoms with E-state index in [1.165, 1.54) is 6.07 Å². The third-order valence-electron chi connectivity index (χ3n) is 6.45. The molecule has 178 valence electrons. The summed E-state index contributed by atoms with van der Waals surface area (Å²) >= 11 is 0. The van der Waals surface area contributed by atoms with Crippen molar-refractivity contribution < 1.29 is 27.4 Å².